The summed E-state index contributed by atoms with van der Waals surface area (Å²) >= 11 is 0. The molecular weight excluding hydrogens is 186 g/mol. The second kappa shape index (κ2) is 3.45. The van der Waals surface area contributed by atoms with Crippen molar-refractivity contribution in [1.82, 2.24) is 4.98 Å². The summed E-state index contributed by atoms with van der Waals surface area (Å²) in [5.74, 6) is 5.74. The Morgan fingerprint density at radius 2 is 2.07 bits per heavy atom. The van der Waals surface area contributed by atoms with Crippen LogP contribution >= 0.6 is 0 Å². The van der Waals surface area contributed by atoms with Crippen LogP contribution in [0.25, 0.3) is 10.9 Å². The molecule has 0 saturated carbocycles. The maximum atomic E-state index is 9.47. The number of aromatic nitrogens is 1. The molecule has 0 bridgehead atoms. The second-order valence-electron chi connectivity index (χ2n) is 4.09. The van der Waals surface area contributed by atoms with E-state index in [0.717, 1.165) is 16.5 Å². The quantitative estimate of drug-likeness (QED) is 0.627. The zero-order valence-electron chi connectivity index (χ0n) is 8.83. The van der Waals surface area contributed by atoms with Gasteiger partial charge in [-0.3, -0.25) is 0 Å². The molecule has 0 aliphatic heterocycles. The van der Waals surface area contributed by atoms with E-state index >= 15 is 0 Å². The van der Waals surface area contributed by atoms with E-state index in [1.807, 2.05) is 30.5 Å². The van der Waals surface area contributed by atoms with Gasteiger partial charge in [-0.1, -0.05) is 11.8 Å². The van der Waals surface area contributed by atoms with Crippen LogP contribution in [-0.2, 0) is 0 Å². The molecule has 0 atom stereocenters. The van der Waals surface area contributed by atoms with Crippen molar-refractivity contribution >= 4 is 10.9 Å². The number of benzene rings is 1. The highest BCUT2D eigenvalue weighted by Crippen LogP contribution is 2.13. The van der Waals surface area contributed by atoms with Crippen molar-refractivity contribution in [3.05, 3.63) is 36.0 Å². The molecule has 2 heteroatoms. The normalized spacial score (nSPS) is 11.1. The fraction of sp³-hybridized carbons (Fsp3) is 0.231. The molecule has 2 nitrogen and oxygen atoms in total. The van der Waals surface area contributed by atoms with Crippen LogP contribution in [0, 0.1) is 11.8 Å². The number of H-pyrrole nitrogens is 1. The molecule has 15 heavy (non-hydrogen) atoms. The molecule has 76 valence electrons. The summed E-state index contributed by atoms with van der Waals surface area (Å²) < 4.78 is 0. The first-order valence-electron chi connectivity index (χ1n) is 4.87. The van der Waals surface area contributed by atoms with Gasteiger partial charge in [-0.25, -0.2) is 0 Å². The summed E-state index contributed by atoms with van der Waals surface area (Å²) in [5, 5.41) is 10.6. The van der Waals surface area contributed by atoms with Gasteiger partial charge in [0.1, 0.15) is 5.60 Å². The van der Waals surface area contributed by atoms with Gasteiger partial charge >= 0.3 is 0 Å². The minimum absolute atomic E-state index is 0.921. The minimum atomic E-state index is -0.937. The predicted octanol–water partition coefficient (Wildman–Crippen LogP) is 2.29. The average molecular weight is 199 g/mol. The summed E-state index contributed by atoms with van der Waals surface area (Å²) in [6.07, 6.45) is 1.90. The highest BCUT2D eigenvalue weighted by Gasteiger charge is 2.05. The van der Waals surface area contributed by atoms with E-state index in [1.165, 1.54) is 0 Å². The molecule has 1 aromatic heterocycles. The number of fused-ring (bicyclic) bond motifs is 1. The number of rotatable bonds is 0. The third-order valence-corrected chi connectivity index (χ3v) is 2.07. The van der Waals surface area contributed by atoms with Crippen LogP contribution in [0.1, 0.15) is 19.4 Å². The van der Waals surface area contributed by atoms with Crippen LogP contribution in [0.5, 0.6) is 0 Å². The molecule has 0 unspecified atom stereocenters. The van der Waals surface area contributed by atoms with E-state index in [9.17, 15) is 5.11 Å². The van der Waals surface area contributed by atoms with Crippen molar-refractivity contribution in [1.29, 1.82) is 0 Å². The monoisotopic (exact) mass is 199 g/mol. The highest BCUT2D eigenvalue weighted by atomic mass is 16.3. The SMILES string of the molecule is CC(C)(O)C#Cc1ccc2[nH]ccc2c1. The first-order valence-corrected chi connectivity index (χ1v) is 4.87. The van der Waals surface area contributed by atoms with Crippen molar-refractivity contribution in [2.45, 2.75) is 19.4 Å². The van der Waals surface area contributed by atoms with Gasteiger partial charge in [-0.15, -0.1) is 0 Å². The van der Waals surface area contributed by atoms with E-state index in [0.29, 0.717) is 0 Å². The number of aromatic amines is 1. The van der Waals surface area contributed by atoms with Gasteiger partial charge in [-0.2, -0.15) is 0 Å². The third kappa shape index (κ3) is 2.39. The van der Waals surface area contributed by atoms with Crippen molar-refractivity contribution in [2.24, 2.45) is 0 Å². The van der Waals surface area contributed by atoms with Gasteiger partial charge in [0, 0.05) is 22.7 Å². The van der Waals surface area contributed by atoms with Gasteiger partial charge in [0.2, 0.25) is 0 Å². The first-order chi connectivity index (χ1) is 7.04. The van der Waals surface area contributed by atoms with Crippen molar-refractivity contribution in [3.63, 3.8) is 0 Å². The maximum Gasteiger partial charge on any atom is 0.120 e. The summed E-state index contributed by atoms with van der Waals surface area (Å²) in [6, 6.07) is 7.94. The summed E-state index contributed by atoms with van der Waals surface area (Å²) in [4.78, 5) is 3.12. The van der Waals surface area contributed by atoms with Crippen LogP contribution in [0.15, 0.2) is 30.5 Å². The highest BCUT2D eigenvalue weighted by molar-refractivity contribution is 5.80. The van der Waals surface area contributed by atoms with Crippen molar-refractivity contribution in [2.75, 3.05) is 0 Å². The number of hydrogen-bond donors (Lipinski definition) is 2. The topological polar surface area (TPSA) is 36.0 Å². The Labute approximate surface area is 88.9 Å². The Morgan fingerprint density at radius 1 is 1.27 bits per heavy atom. The molecule has 0 saturated heterocycles. The molecule has 2 aromatic rings. The lowest BCUT2D eigenvalue weighted by Gasteiger charge is -2.05. The minimum Gasteiger partial charge on any atom is -0.378 e. The second-order valence-corrected chi connectivity index (χ2v) is 4.09. The Morgan fingerprint density at radius 3 is 2.80 bits per heavy atom. The van der Waals surface area contributed by atoms with Crippen molar-refractivity contribution < 1.29 is 5.11 Å². The fourth-order valence-corrected chi connectivity index (χ4v) is 1.36. The molecule has 0 spiro atoms. The van der Waals surface area contributed by atoms with Gasteiger partial charge in [0.05, 0.1) is 0 Å². The fourth-order valence-electron chi connectivity index (χ4n) is 1.36. The molecule has 1 aromatic carbocycles. The van der Waals surface area contributed by atoms with E-state index in [1.54, 1.807) is 13.8 Å². The summed E-state index contributed by atoms with van der Waals surface area (Å²) in [6.45, 7) is 3.35. The van der Waals surface area contributed by atoms with E-state index in [2.05, 4.69) is 16.8 Å². The smallest absolute Gasteiger partial charge is 0.120 e. The number of hydrogen-bond acceptors (Lipinski definition) is 1. The Balaban J connectivity index is 2.39. The number of aliphatic hydroxyl groups is 1. The van der Waals surface area contributed by atoms with Crippen LogP contribution < -0.4 is 0 Å². The van der Waals surface area contributed by atoms with E-state index in [4.69, 9.17) is 0 Å². The molecule has 0 amide bonds. The Hall–Kier alpha value is -1.72. The lowest BCUT2D eigenvalue weighted by Crippen LogP contribution is -2.14. The molecule has 1 heterocycles. The number of nitrogens with one attached hydrogen (secondary N) is 1. The van der Waals surface area contributed by atoms with Crippen LogP contribution in [0.3, 0.4) is 0 Å². The van der Waals surface area contributed by atoms with E-state index < -0.39 is 5.60 Å². The average Bonchev–Trinajstić information content (AvgIpc) is 2.60. The molecule has 2 rings (SSSR count). The molecule has 0 fully saturated rings. The lowest BCUT2D eigenvalue weighted by molar-refractivity contribution is 0.143. The Kier molecular flexibility index (Phi) is 2.26. The standard InChI is InChI=1S/C13H13NO/c1-13(2,15)7-5-10-3-4-12-11(9-10)6-8-14-12/h3-4,6,8-9,14-15H,1-2H3. The first kappa shape index (κ1) is 9.82. The molecule has 0 radical (unpaired) electrons. The zero-order valence-corrected chi connectivity index (χ0v) is 8.83. The summed E-state index contributed by atoms with van der Waals surface area (Å²) in [7, 11) is 0. The molecule has 0 aliphatic rings. The third-order valence-electron chi connectivity index (χ3n) is 2.07. The van der Waals surface area contributed by atoms with Gasteiger partial charge < -0.3 is 10.1 Å². The van der Waals surface area contributed by atoms with Crippen LogP contribution in [0.2, 0.25) is 0 Å². The van der Waals surface area contributed by atoms with Gasteiger partial charge in [0.25, 0.3) is 0 Å². The molecule has 0 aliphatic carbocycles. The molecular formula is C13H13NO. The molecule has 2 N–H and O–H groups in total. The van der Waals surface area contributed by atoms with Crippen LogP contribution in [-0.4, -0.2) is 15.7 Å². The van der Waals surface area contributed by atoms with Crippen LogP contribution in [0.4, 0.5) is 0 Å². The van der Waals surface area contributed by atoms with Gasteiger partial charge in [-0.05, 0) is 38.1 Å². The van der Waals surface area contributed by atoms with E-state index in [-0.39, 0.29) is 0 Å². The predicted molar refractivity (Wildman–Crippen MR) is 61.5 cm³/mol. The largest absolute Gasteiger partial charge is 0.378 e. The summed E-state index contributed by atoms with van der Waals surface area (Å²) in [5.41, 5.74) is 1.08. The lowest BCUT2D eigenvalue weighted by atomic mass is 10.1. The maximum absolute atomic E-state index is 9.47. The van der Waals surface area contributed by atoms with Crippen molar-refractivity contribution in [3.8, 4) is 11.8 Å². The zero-order chi connectivity index (χ0) is 10.9. The van der Waals surface area contributed by atoms with Gasteiger partial charge in [0.15, 0.2) is 0 Å². The Bertz CT molecular complexity index is 535.